The molecule has 0 unspecified atom stereocenters. The molecule has 0 radical (unpaired) electrons. The fourth-order valence-electron chi connectivity index (χ4n) is 3.97. The topological polar surface area (TPSA) is 20.2 Å². The Labute approximate surface area is 135 Å². The third-order valence-electron chi connectivity index (χ3n) is 4.96. The van der Waals surface area contributed by atoms with Crippen LogP contribution in [-0.2, 0) is 0 Å². The predicted octanol–water partition coefficient (Wildman–Crippen LogP) is 3.70. The second-order valence-electron chi connectivity index (χ2n) is 6.38. The molecule has 1 aliphatic heterocycles. The molecule has 1 fully saturated rings. The lowest BCUT2D eigenvalue weighted by Crippen LogP contribution is -3.13. The normalized spacial score (nSPS) is 17.9. The number of aromatic nitrogens is 1. The summed E-state index contributed by atoms with van der Waals surface area (Å²) in [6.07, 6.45) is 4.12. The summed E-state index contributed by atoms with van der Waals surface area (Å²) in [5.41, 5.74) is 4.11. The molecule has 3 aromatic rings. The predicted molar refractivity (Wildman–Crippen MR) is 93.7 cm³/mol. The smallest absolute Gasteiger partial charge is 0.150 e. The van der Waals surface area contributed by atoms with E-state index in [0.717, 1.165) is 0 Å². The van der Waals surface area contributed by atoms with Crippen molar-refractivity contribution < 1.29 is 4.90 Å². The Morgan fingerprint density at radius 2 is 1.86 bits per heavy atom. The quantitative estimate of drug-likeness (QED) is 0.736. The molecule has 2 nitrogen and oxygen atoms in total. The van der Waals surface area contributed by atoms with Crippen LogP contribution in [0.15, 0.2) is 41.8 Å². The van der Waals surface area contributed by atoms with E-state index < -0.39 is 0 Å². The van der Waals surface area contributed by atoms with Gasteiger partial charge >= 0.3 is 0 Å². The third kappa shape index (κ3) is 2.38. The molecule has 22 heavy (non-hydrogen) atoms. The highest BCUT2D eigenvalue weighted by atomic mass is 32.1. The van der Waals surface area contributed by atoms with E-state index in [2.05, 4.69) is 53.7 Å². The summed E-state index contributed by atoms with van der Waals surface area (Å²) < 4.78 is 0. The number of para-hydroxylation sites is 1. The molecule has 4 rings (SSSR count). The van der Waals surface area contributed by atoms with Crippen LogP contribution in [0.5, 0.6) is 0 Å². The first-order valence-electron chi connectivity index (χ1n) is 8.30. The van der Waals surface area contributed by atoms with Gasteiger partial charge in [-0.05, 0) is 43.7 Å². The number of rotatable bonds is 3. The molecule has 1 aromatic carbocycles. The van der Waals surface area contributed by atoms with Gasteiger partial charge in [-0.2, -0.15) is 0 Å². The van der Waals surface area contributed by atoms with Crippen molar-refractivity contribution in [2.75, 3.05) is 13.1 Å². The highest BCUT2D eigenvalue weighted by molar-refractivity contribution is 7.10. The number of likely N-dealkylation sites (tertiary alicyclic amines) is 1. The summed E-state index contributed by atoms with van der Waals surface area (Å²) in [6, 6.07) is 13.8. The van der Waals surface area contributed by atoms with E-state index in [0.29, 0.717) is 6.04 Å². The minimum absolute atomic E-state index is 0.483. The average molecular weight is 311 g/mol. The molecule has 3 heterocycles. The van der Waals surface area contributed by atoms with Crippen LogP contribution in [0.1, 0.15) is 41.4 Å². The molecule has 0 amide bonds. The van der Waals surface area contributed by atoms with Gasteiger partial charge in [0.25, 0.3) is 0 Å². The maximum absolute atomic E-state index is 3.60. The number of fused-ring (bicyclic) bond motifs is 1. The maximum atomic E-state index is 3.60. The zero-order valence-corrected chi connectivity index (χ0v) is 13.9. The Hall–Kier alpha value is -1.58. The Morgan fingerprint density at radius 1 is 1.05 bits per heavy atom. The Bertz CT molecular complexity index is 751. The number of hydrogen-bond donors (Lipinski definition) is 2. The molecule has 0 aliphatic carbocycles. The minimum atomic E-state index is 0.483. The van der Waals surface area contributed by atoms with Crippen molar-refractivity contribution in [1.29, 1.82) is 0 Å². The van der Waals surface area contributed by atoms with Crippen molar-refractivity contribution in [3.8, 4) is 0 Å². The van der Waals surface area contributed by atoms with E-state index in [-0.39, 0.29) is 0 Å². The number of hydrogen-bond acceptors (Lipinski definition) is 1. The van der Waals surface area contributed by atoms with Crippen LogP contribution in [0.2, 0.25) is 0 Å². The van der Waals surface area contributed by atoms with E-state index in [9.17, 15) is 0 Å². The van der Waals surface area contributed by atoms with Crippen molar-refractivity contribution in [1.82, 2.24) is 4.98 Å². The lowest BCUT2D eigenvalue weighted by Gasteiger charge is -2.31. The standard InChI is InChI=1S/C19H22N2S/c1-14-18(15-8-3-4-9-16(15)20-14)19(17-10-7-13-22-17)21-11-5-2-6-12-21/h3-4,7-10,13,19-20H,2,5-6,11-12H2,1H3/p+1/t19-/m1/s1. The van der Waals surface area contributed by atoms with Crippen LogP contribution in [0.3, 0.4) is 0 Å². The van der Waals surface area contributed by atoms with Gasteiger partial charge in [0.1, 0.15) is 0 Å². The Morgan fingerprint density at radius 3 is 2.64 bits per heavy atom. The molecular weight excluding hydrogens is 288 g/mol. The number of thiophene rings is 1. The first-order valence-corrected chi connectivity index (χ1v) is 9.18. The zero-order valence-electron chi connectivity index (χ0n) is 13.1. The van der Waals surface area contributed by atoms with E-state index in [4.69, 9.17) is 0 Å². The molecule has 0 saturated carbocycles. The van der Waals surface area contributed by atoms with Crippen LogP contribution < -0.4 is 4.90 Å². The molecule has 1 aliphatic rings. The number of benzene rings is 1. The molecule has 0 bridgehead atoms. The Balaban J connectivity index is 1.87. The number of nitrogens with one attached hydrogen (secondary N) is 2. The number of quaternary nitrogens is 1. The van der Waals surface area contributed by atoms with Crippen LogP contribution in [0.4, 0.5) is 0 Å². The molecule has 1 atom stereocenters. The van der Waals surface area contributed by atoms with Crippen LogP contribution in [0.25, 0.3) is 10.9 Å². The van der Waals surface area contributed by atoms with Crippen LogP contribution in [0, 0.1) is 6.92 Å². The monoisotopic (exact) mass is 311 g/mol. The molecule has 1 saturated heterocycles. The molecule has 0 spiro atoms. The van der Waals surface area contributed by atoms with Crippen LogP contribution in [-0.4, -0.2) is 18.1 Å². The fraction of sp³-hybridized carbons (Fsp3) is 0.368. The van der Waals surface area contributed by atoms with Crippen molar-refractivity contribution in [3.05, 3.63) is 57.9 Å². The van der Waals surface area contributed by atoms with Crippen molar-refractivity contribution in [2.24, 2.45) is 0 Å². The first-order chi connectivity index (χ1) is 10.8. The molecule has 2 aromatic heterocycles. The molecule has 114 valence electrons. The van der Waals surface area contributed by atoms with Gasteiger partial charge in [0.05, 0.1) is 18.0 Å². The molecular formula is C19H23N2S+. The lowest BCUT2D eigenvalue weighted by atomic mass is 9.97. The van der Waals surface area contributed by atoms with Gasteiger partial charge < -0.3 is 9.88 Å². The largest absolute Gasteiger partial charge is 0.358 e. The number of H-pyrrole nitrogens is 1. The van der Waals surface area contributed by atoms with Gasteiger partial charge in [-0.1, -0.05) is 24.3 Å². The fourth-order valence-corrected chi connectivity index (χ4v) is 4.86. The molecule has 2 N–H and O–H groups in total. The van der Waals surface area contributed by atoms with Crippen molar-refractivity contribution >= 4 is 22.2 Å². The van der Waals surface area contributed by atoms with E-state index in [1.54, 1.807) is 4.90 Å². The van der Waals surface area contributed by atoms with Crippen molar-refractivity contribution in [3.63, 3.8) is 0 Å². The maximum Gasteiger partial charge on any atom is 0.150 e. The number of aromatic amines is 1. The van der Waals surface area contributed by atoms with E-state index in [1.807, 2.05) is 11.3 Å². The third-order valence-corrected chi connectivity index (χ3v) is 5.90. The average Bonchev–Trinajstić information content (AvgIpc) is 3.18. The van der Waals surface area contributed by atoms with Gasteiger partial charge in [0.15, 0.2) is 6.04 Å². The van der Waals surface area contributed by atoms with Gasteiger partial charge in [-0.3, -0.25) is 0 Å². The van der Waals surface area contributed by atoms with Gasteiger partial charge in [-0.15, -0.1) is 11.3 Å². The highest BCUT2D eigenvalue weighted by Crippen LogP contribution is 2.32. The van der Waals surface area contributed by atoms with E-state index >= 15 is 0 Å². The Kier molecular flexibility index (Phi) is 3.77. The summed E-state index contributed by atoms with van der Waals surface area (Å²) >= 11 is 1.91. The van der Waals surface area contributed by atoms with E-state index in [1.165, 1.54) is 59.4 Å². The van der Waals surface area contributed by atoms with Crippen molar-refractivity contribution in [2.45, 2.75) is 32.2 Å². The van der Waals surface area contributed by atoms with Gasteiger partial charge in [0, 0.05) is 22.2 Å². The first kappa shape index (κ1) is 14.0. The van der Waals surface area contributed by atoms with Crippen LogP contribution >= 0.6 is 11.3 Å². The summed E-state index contributed by atoms with van der Waals surface area (Å²) in [5.74, 6) is 0. The number of piperidine rings is 1. The number of aryl methyl sites for hydroxylation is 1. The zero-order chi connectivity index (χ0) is 14.9. The lowest BCUT2D eigenvalue weighted by molar-refractivity contribution is -0.929. The summed E-state index contributed by atoms with van der Waals surface area (Å²) in [6.45, 7) is 4.82. The minimum Gasteiger partial charge on any atom is -0.358 e. The molecule has 3 heteroatoms. The summed E-state index contributed by atoms with van der Waals surface area (Å²) in [4.78, 5) is 6.84. The SMILES string of the molecule is Cc1[nH]c2ccccc2c1[C@@H](c1cccs1)[NH+]1CCCCC1. The second kappa shape index (κ2) is 5.90. The summed E-state index contributed by atoms with van der Waals surface area (Å²) in [5, 5.41) is 3.62. The highest BCUT2D eigenvalue weighted by Gasteiger charge is 2.31. The second-order valence-corrected chi connectivity index (χ2v) is 7.36. The summed E-state index contributed by atoms with van der Waals surface area (Å²) in [7, 11) is 0. The van der Waals surface area contributed by atoms with Gasteiger partial charge in [0.2, 0.25) is 0 Å². The van der Waals surface area contributed by atoms with Gasteiger partial charge in [-0.25, -0.2) is 0 Å².